The Kier molecular flexibility index (Phi) is 5.55. The van der Waals surface area contributed by atoms with Gasteiger partial charge in [0.1, 0.15) is 5.82 Å². The summed E-state index contributed by atoms with van der Waals surface area (Å²) in [6.45, 7) is 1.75. The number of hydrogen-bond donors (Lipinski definition) is 4. The SMILES string of the molecule is C[C@@H](CO)Nc1nc(Nc2ccccc2)nc(Nc2ccc(F)cc2)n1. The second-order valence-electron chi connectivity index (χ2n) is 5.66. The van der Waals surface area contributed by atoms with Gasteiger partial charge in [-0.05, 0) is 43.3 Å². The summed E-state index contributed by atoms with van der Waals surface area (Å²) in [5.41, 5.74) is 1.47. The average molecular weight is 354 g/mol. The minimum atomic E-state index is -0.322. The summed E-state index contributed by atoms with van der Waals surface area (Å²) in [6.07, 6.45) is 0. The summed E-state index contributed by atoms with van der Waals surface area (Å²) in [6, 6.07) is 15.1. The molecule has 1 atom stereocenters. The largest absolute Gasteiger partial charge is 0.394 e. The first-order valence-electron chi connectivity index (χ1n) is 8.10. The van der Waals surface area contributed by atoms with Gasteiger partial charge in [-0.1, -0.05) is 18.2 Å². The van der Waals surface area contributed by atoms with Crippen LogP contribution in [-0.4, -0.2) is 32.7 Å². The molecule has 0 spiro atoms. The Balaban J connectivity index is 1.87. The third-order valence-corrected chi connectivity index (χ3v) is 3.42. The smallest absolute Gasteiger partial charge is 0.233 e. The second kappa shape index (κ2) is 8.21. The van der Waals surface area contributed by atoms with E-state index in [0.717, 1.165) is 5.69 Å². The predicted molar refractivity (Wildman–Crippen MR) is 99.4 cm³/mol. The lowest BCUT2D eigenvalue weighted by Gasteiger charge is -2.14. The van der Waals surface area contributed by atoms with Crippen LogP contribution in [0.25, 0.3) is 0 Å². The zero-order valence-corrected chi connectivity index (χ0v) is 14.1. The van der Waals surface area contributed by atoms with Gasteiger partial charge in [-0.25, -0.2) is 4.39 Å². The number of aliphatic hydroxyl groups is 1. The van der Waals surface area contributed by atoms with Crippen LogP contribution in [0.5, 0.6) is 0 Å². The summed E-state index contributed by atoms with van der Waals surface area (Å²) >= 11 is 0. The number of nitrogens with one attached hydrogen (secondary N) is 3. The van der Waals surface area contributed by atoms with Gasteiger partial charge in [0.05, 0.1) is 6.61 Å². The third-order valence-electron chi connectivity index (χ3n) is 3.42. The summed E-state index contributed by atoms with van der Waals surface area (Å²) in [5, 5.41) is 18.4. The number of nitrogens with zero attached hydrogens (tertiary/aromatic N) is 3. The minimum absolute atomic E-state index is 0.0617. The standard InChI is InChI=1S/C18H19FN6O/c1-12(11-26)20-16-23-17(21-14-5-3-2-4-6-14)25-18(24-16)22-15-9-7-13(19)8-10-15/h2-10,12,26H,11H2,1H3,(H3,20,21,22,23,24,25)/t12-/m0/s1. The molecule has 4 N–H and O–H groups in total. The van der Waals surface area contributed by atoms with Gasteiger partial charge in [-0.15, -0.1) is 0 Å². The van der Waals surface area contributed by atoms with Crippen LogP contribution in [0.2, 0.25) is 0 Å². The highest BCUT2D eigenvalue weighted by Crippen LogP contribution is 2.19. The number of anilines is 5. The van der Waals surface area contributed by atoms with Crippen LogP contribution in [0.1, 0.15) is 6.92 Å². The molecule has 1 aromatic heterocycles. The van der Waals surface area contributed by atoms with E-state index in [9.17, 15) is 9.50 Å². The Morgan fingerprint density at radius 1 is 0.846 bits per heavy atom. The minimum Gasteiger partial charge on any atom is -0.394 e. The highest BCUT2D eigenvalue weighted by molar-refractivity contribution is 5.59. The second-order valence-corrected chi connectivity index (χ2v) is 5.66. The van der Waals surface area contributed by atoms with Crippen LogP contribution >= 0.6 is 0 Å². The Morgan fingerprint density at radius 2 is 1.38 bits per heavy atom. The van der Waals surface area contributed by atoms with E-state index in [2.05, 4.69) is 30.9 Å². The Hall–Kier alpha value is -3.26. The van der Waals surface area contributed by atoms with Crippen molar-refractivity contribution in [1.82, 2.24) is 15.0 Å². The van der Waals surface area contributed by atoms with Gasteiger partial charge < -0.3 is 21.1 Å². The molecule has 0 saturated carbocycles. The summed E-state index contributed by atoms with van der Waals surface area (Å²) in [4.78, 5) is 12.9. The lowest BCUT2D eigenvalue weighted by atomic mass is 10.3. The van der Waals surface area contributed by atoms with Gasteiger partial charge in [0.15, 0.2) is 0 Å². The summed E-state index contributed by atoms with van der Waals surface area (Å²) < 4.78 is 13.1. The fraction of sp³-hybridized carbons (Fsp3) is 0.167. The van der Waals surface area contributed by atoms with E-state index < -0.39 is 0 Å². The van der Waals surface area contributed by atoms with Gasteiger partial charge in [0.2, 0.25) is 17.8 Å². The summed E-state index contributed by atoms with van der Waals surface area (Å²) in [5.74, 6) is 0.613. The maximum Gasteiger partial charge on any atom is 0.233 e. The van der Waals surface area contributed by atoms with E-state index in [1.165, 1.54) is 12.1 Å². The Morgan fingerprint density at radius 3 is 1.96 bits per heavy atom. The molecule has 26 heavy (non-hydrogen) atoms. The van der Waals surface area contributed by atoms with Crippen LogP contribution in [0.3, 0.4) is 0 Å². The predicted octanol–water partition coefficient (Wildman–Crippen LogP) is 3.29. The van der Waals surface area contributed by atoms with Gasteiger partial charge in [0.25, 0.3) is 0 Å². The van der Waals surface area contributed by atoms with Crippen molar-refractivity contribution in [1.29, 1.82) is 0 Å². The topological polar surface area (TPSA) is 95.0 Å². The maximum atomic E-state index is 13.1. The van der Waals surface area contributed by atoms with Crippen molar-refractivity contribution in [3.8, 4) is 0 Å². The number of aliphatic hydroxyl groups excluding tert-OH is 1. The Labute approximate surface area is 150 Å². The zero-order valence-electron chi connectivity index (χ0n) is 14.1. The number of halogens is 1. The van der Waals surface area contributed by atoms with E-state index in [1.807, 2.05) is 30.3 Å². The molecule has 0 fully saturated rings. The highest BCUT2D eigenvalue weighted by Gasteiger charge is 2.10. The van der Waals surface area contributed by atoms with E-state index >= 15 is 0 Å². The van der Waals surface area contributed by atoms with Crippen molar-refractivity contribution in [2.45, 2.75) is 13.0 Å². The van der Waals surface area contributed by atoms with Gasteiger partial charge in [-0.3, -0.25) is 0 Å². The monoisotopic (exact) mass is 354 g/mol. The fourth-order valence-electron chi connectivity index (χ4n) is 2.13. The molecule has 0 amide bonds. The third kappa shape index (κ3) is 4.87. The van der Waals surface area contributed by atoms with Gasteiger partial charge in [-0.2, -0.15) is 15.0 Å². The quantitative estimate of drug-likeness (QED) is 0.517. The number of hydrogen-bond acceptors (Lipinski definition) is 7. The fourth-order valence-corrected chi connectivity index (χ4v) is 2.13. The lowest BCUT2D eigenvalue weighted by molar-refractivity contribution is 0.281. The Bertz CT molecular complexity index is 844. The molecule has 3 aromatic rings. The van der Waals surface area contributed by atoms with Crippen LogP contribution in [0.15, 0.2) is 54.6 Å². The van der Waals surface area contributed by atoms with E-state index in [-0.39, 0.29) is 24.4 Å². The molecule has 0 bridgehead atoms. The van der Waals surface area contributed by atoms with Crippen molar-refractivity contribution in [3.05, 3.63) is 60.4 Å². The number of rotatable bonds is 7. The first-order chi connectivity index (χ1) is 12.6. The zero-order chi connectivity index (χ0) is 18.4. The van der Waals surface area contributed by atoms with Crippen molar-refractivity contribution < 1.29 is 9.50 Å². The van der Waals surface area contributed by atoms with E-state index in [0.29, 0.717) is 17.6 Å². The van der Waals surface area contributed by atoms with E-state index in [4.69, 9.17) is 0 Å². The normalized spacial score (nSPS) is 11.7. The molecule has 2 aromatic carbocycles. The van der Waals surface area contributed by atoms with Crippen LogP contribution in [0, 0.1) is 5.82 Å². The molecule has 8 heteroatoms. The molecule has 134 valence electrons. The lowest BCUT2D eigenvalue weighted by Crippen LogP contribution is -2.21. The molecule has 7 nitrogen and oxygen atoms in total. The molecule has 0 aliphatic rings. The molecule has 0 unspecified atom stereocenters. The molecule has 0 aliphatic carbocycles. The number of benzene rings is 2. The molecule has 0 radical (unpaired) electrons. The van der Waals surface area contributed by atoms with Gasteiger partial charge in [0, 0.05) is 17.4 Å². The first kappa shape index (κ1) is 17.6. The maximum absolute atomic E-state index is 13.1. The van der Waals surface area contributed by atoms with Gasteiger partial charge >= 0.3 is 0 Å². The van der Waals surface area contributed by atoms with Crippen molar-refractivity contribution in [2.75, 3.05) is 22.6 Å². The summed E-state index contributed by atoms with van der Waals surface area (Å²) in [7, 11) is 0. The van der Waals surface area contributed by atoms with Crippen molar-refractivity contribution in [2.24, 2.45) is 0 Å². The van der Waals surface area contributed by atoms with E-state index in [1.54, 1.807) is 19.1 Å². The first-order valence-corrected chi connectivity index (χ1v) is 8.10. The molecule has 1 heterocycles. The molecular weight excluding hydrogens is 335 g/mol. The molecule has 0 saturated heterocycles. The number of para-hydroxylation sites is 1. The number of aromatic nitrogens is 3. The molecule has 3 rings (SSSR count). The average Bonchev–Trinajstić information content (AvgIpc) is 2.64. The van der Waals surface area contributed by atoms with Crippen LogP contribution < -0.4 is 16.0 Å². The van der Waals surface area contributed by atoms with Crippen LogP contribution in [0.4, 0.5) is 33.6 Å². The van der Waals surface area contributed by atoms with Crippen molar-refractivity contribution >= 4 is 29.2 Å². The molecule has 0 aliphatic heterocycles. The van der Waals surface area contributed by atoms with Crippen LogP contribution in [-0.2, 0) is 0 Å². The highest BCUT2D eigenvalue weighted by atomic mass is 19.1. The molecular formula is C18H19FN6O. The van der Waals surface area contributed by atoms with Crippen molar-refractivity contribution in [3.63, 3.8) is 0 Å².